The molecule has 0 bridgehead atoms. The van der Waals surface area contributed by atoms with Crippen molar-refractivity contribution in [2.45, 2.75) is 51.9 Å². The molecular formula is C13H22ClNO. The van der Waals surface area contributed by atoms with Gasteiger partial charge in [-0.15, -0.1) is 11.6 Å². The van der Waals surface area contributed by atoms with E-state index in [9.17, 15) is 4.79 Å². The van der Waals surface area contributed by atoms with Gasteiger partial charge in [0.25, 0.3) is 0 Å². The van der Waals surface area contributed by atoms with Crippen molar-refractivity contribution in [1.82, 2.24) is 5.32 Å². The maximum absolute atomic E-state index is 12.2. The van der Waals surface area contributed by atoms with Gasteiger partial charge in [-0.3, -0.25) is 4.79 Å². The lowest BCUT2D eigenvalue weighted by molar-refractivity contribution is -0.132. The second-order valence-electron chi connectivity index (χ2n) is 5.94. The minimum Gasteiger partial charge on any atom is -0.355 e. The molecule has 16 heavy (non-hydrogen) atoms. The summed E-state index contributed by atoms with van der Waals surface area (Å²) in [5.74, 6) is 0.938. The Morgan fingerprint density at radius 3 is 2.31 bits per heavy atom. The lowest BCUT2D eigenvalue weighted by Crippen LogP contribution is -2.42. The molecule has 2 fully saturated rings. The third-order valence-corrected chi connectivity index (χ3v) is 4.94. The molecule has 2 aliphatic rings. The Morgan fingerprint density at radius 1 is 1.19 bits per heavy atom. The molecule has 92 valence electrons. The van der Waals surface area contributed by atoms with Crippen molar-refractivity contribution in [2.75, 3.05) is 12.4 Å². The van der Waals surface area contributed by atoms with Crippen molar-refractivity contribution in [3.63, 3.8) is 0 Å². The molecule has 0 radical (unpaired) electrons. The highest BCUT2D eigenvalue weighted by molar-refractivity contribution is 6.18. The molecule has 0 aromatic carbocycles. The van der Waals surface area contributed by atoms with Gasteiger partial charge in [0.15, 0.2) is 0 Å². The van der Waals surface area contributed by atoms with Crippen molar-refractivity contribution in [1.29, 1.82) is 0 Å². The average Bonchev–Trinajstić information content (AvgIpc) is 3.07. The molecule has 1 amide bonds. The number of halogens is 1. The smallest absolute Gasteiger partial charge is 0.225 e. The SMILES string of the molecule is CC1(C(=O)NCC2(CCl)CC2)CCCCC1. The van der Waals surface area contributed by atoms with E-state index in [2.05, 4.69) is 12.2 Å². The molecule has 2 rings (SSSR count). The Hall–Kier alpha value is -0.240. The first-order valence-corrected chi connectivity index (χ1v) is 6.98. The molecule has 2 nitrogen and oxygen atoms in total. The normalized spacial score (nSPS) is 26.1. The van der Waals surface area contributed by atoms with Gasteiger partial charge >= 0.3 is 0 Å². The average molecular weight is 244 g/mol. The van der Waals surface area contributed by atoms with Crippen molar-refractivity contribution in [2.24, 2.45) is 10.8 Å². The molecule has 2 aliphatic carbocycles. The third kappa shape index (κ3) is 2.53. The van der Waals surface area contributed by atoms with Crippen LogP contribution in [0.1, 0.15) is 51.9 Å². The molecule has 2 saturated carbocycles. The van der Waals surface area contributed by atoms with E-state index in [4.69, 9.17) is 11.6 Å². The highest BCUT2D eigenvalue weighted by atomic mass is 35.5. The third-order valence-electron chi connectivity index (χ3n) is 4.37. The highest BCUT2D eigenvalue weighted by Crippen LogP contribution is 2.46. The van der Waals surface area contributed by atoms with Gasteiger partial charge in [0.05, 0.1) is 0 Å². The minimum atomic E-state index is -0.110. The maximum atomic E-state index is 12.2. The van der Waals surface area contributed by atoms with Gasteiger partial charge in [0.2, 0.25) is 5.91 Å². The van der Waals surface area contributed by atoms with Gasteiger partial charge in [0.1, 0.15) is 0 Å². The highest BCUT2D eigenvalue weighted by Gasteiger charge is 2.43. The Labute approximate surface area is 103 Å². The van der Waals surface area contributed by atoms with Crippen LogP contribution in [0.5, 0.6) is 0 Å². The van der Waals surface area contributed by atoms with Crippen LogP contribution >= 0.6 is 11.6 Å². The zero-order valence-electron chi connectivity index (χ0n) is 10.2. The van der Waals surface area contributed by atoms with E-state index in [-0.39, 0.29) is 16.7 Å². The molecule has 0 saturated heterocycles. The topological polar surface area (TPSA) is 29.1 Å². The first-order valence-electron chi connectivity index (χ1n) is 6.45. The summed E-state index contributed by atoms with van der Waals surface area (Å²) in [6.45, 7) is 2.90. The predicted molar refractivity (Wildman–Crippen MR) is 66.6 cm³/mol. The zero-order valence-corrected chi connectivity index (χ0v) is 10.9. The second-order valence-corrected chi connectivity index (χ2v) is 6.20. The summed E-state index contributed by atoms with van der Waals surface area (Å²) >= 11 is 5.91. The molecule has 0 atom stereocenters. The van der Waals surface area contributed by atoms with E-state index >= 15 is 0 Å². The first kappa shape index (κ1) is 12.2. The van der Waals surface area contributed by atoms with Crippen LogP contribution in [0.15, 0.2) is 0 Å². The van der Waals surface area contributed by atoms with Crippen LogP contribution in [0.4, 0.5) is 0 Å². The number of amides is 1. The minimum absolute atomic E-state index is 0.110. The van der Waals surface area contributed by atoms with Crippen molar-refractivity contribution in [3.8, 4) is 0 Å². The van der Waals surface area contributed by atoms with E-state index in [1.807, 2.05) is 0 Å². The zero-order chi connectivity index (χ0) is 11.6. The van der Waals surface area contributed by atoms with Gasteiger partial charge in [-0.05, 0) is 25.7 Å². The predicted octanol–water partition coefficient (Wildman–Crippen LogP) is 3.09. The number of carbonyl (C=O) groups excluding carboxylic acids is 1. The van der Waals surface area contributed by atoms with E-state index < -0.39 is 0 Å². The molecule has 3 heteroatoms. The van der Waals surface area contributed by atoms with Crippen molar-refractivity contribution < 1.29 is 4.79 Å². The second kappa shape index (κ2) is 4.56. The van der Waals surface area contributed by atoms with E-state index in [0.29, 0.717) is 5.88 Å². The van der Waals surface area contributed by atoms with Crippen LogP contribution in [0.2, 0.25) is 0 Å². The monoisotopic (exact) mass is 243 g/mol. The molecule has 0 unspecified atom stereocenters. The van der Waals surface area contributed by atoms with Crippen LogP contribution in [-0.4, -0.2) is 18.3 Å². The van der Waals surface area contributed by atoms with E-state index in [1.165, 1.54) is 32.1 Å². The molecule has 0 aromatic heterocycles. The van der Waals surface area contributed by atoms with Crippen LogP contribution in [0.3, 0.4) is 0 Å². The Bertz CT molecular complexity index is 267. The fourth-order valence-electron chi connectivity index (χ4n) is 2.57. The standard InChI is InChI=1S/C13H22ClNO/c1-12(5-3-2-4-6-12)11(16)15-10-13(9-14)7-8-13/h2-10H2,1H3,(H,15,16). The van der Waals surface area contributed by atoms with Gasteiger partial charge < -0.3 is 5.32 Å². The fraction of sp³-hybridized carbons (Fsp3) is 0.923. The van der Waals surface area contributed by atoms with Crippen LogP contribution < -0.4 is 5.32 Å². The lowest BCUT2D eigenvalue weighted by atomic mass is 9.75. The summed E-state index contributed by atoms with van der Waals surface area (Å²) in [4.78, 5) is 12.2. The number of hydrogen-bond donors (Lipinski definition) is 1. The molecular weight excluding hydrogens is 222 g/mol. The van der Waals surface area contributed by atoms with Crippen molar-refractivity contribution in [3.05, 3.63) is 0 Å². The number of nitrogens with one attached hydrogen (secondary N) is 1. The van der Waals surface area contributed by atoms with Crippen LogP contribution in [0.25, 0.3) is 0 Å². The fourth-order valence-corrected chi connectivity index (χ4v) is 2.94. The van der Waals surface area contributed by atoms with E-state index in [1.54, 1.807) is 0 Å². The number of alkyl halides is 1. The summed E-state index contributed by atoms with van der Waals surface area (Å²) in [5, 5.41) is 3.12. The van der Waals surface area contributed by atoms with Crippen LogP contribution in [-0.2, 0) is 4.79 Å². The number of rotatable bonds is 4. The van der Waals surface area contributed by atoms with Crippen molar-refractivity contribution >= 4 is 17.5 Å². The number of carbonyl (C=O) groups is 1. The Balaban J connectivity index is 1.82. The van der Waals surface area contributed by atoms with Gasteiger partial charge in [-0.2, -0.15) is 0 Å². The summed E-state index contributed by atoms with van der Waals surface area (Å²) in [5.41, 5.74) is 0.128. The van der Waals surface area contributed by atoms with Crippen LogP contribution in [0, 0.1) is 10.8 Å². The maximum Gasteiger partial charge on any atom is 0.225 e. The van der Waals surface area contributed by atoms with Gasteiger partial charge in [-0.25, -0.2) is 0 Å². The van der Waals surface area contributed by atoms with E-state index in [0.717, 1.165) is 19.4 Å². The molecule has 1 N–H and O–H groups in total. The van der Waals surface area contributed by atoms with Gasteiger partial charge in [-0.1, -0.05) is 26.2 Å². The molecule has 0 heterocycles. The summed E-state index contributed by atoms with van der Waals surface area (Å²) in [6, 6.07) is 0. The summed E-state index contributed by atoms with van der Waals surface area (Å²) in [6.07, 6.45) is 8.13. The molecule has 0 spiro atoms. The van der Waals surface area contributed by atoms with Gasteiger partial charge in [0, 0.05) is 23.3 Å². The number of hydrogen-bond acceptors (Lipinski definition) is 1. The first-order chi connectivity index (χ1) is 7.60. The lowest BCUT2D eigenvalue weighted by Gasteiger charge is -2.32. The molecule has 0 aliphatic heterocycles. The largest absolute Gasteiger partial charge is 0.355 e. The Morgan fingerprint density at radius 2 is 1.81 bits per heavy atom. The quantitative estimate of drug-likeness (QED) is 0.756. The molecule has 0 aromatic rings. The summed E-state index contributed by atoms with van der Waals surface area (Å²) in [7, 11) is 0. The Kier molecular flexibility index (Phi) is 3.48. The summed E-state index contributed by atoms with van der Waals surface area (Å²) < 4.78 is 0.